The molecule has 0 radical (unpaired) electrons. The Hall–Kier alpha value is -3.69. The molecular formula is C32H35BrN4O4. The van der Waals surface area contributed by atoms with E-state index in [4.69, 9.17) is 24.3 Å². The smallest absolute Gasteiger partial charge is 0.339 e. The Morgan fingerprint density at radius 3 is 2.68 bits per heavy atom. The molecule has 0 bridgehead atoms. The van der Waals surface area contributed by atoms with Gasteiger partial charge in [-0.1, -0.05) is 34.1 Å². The van der Waals surface area contributed by atoms with E-state index < -0.39 is 17.7 Å². The normalized spacial score (nSPS) is 14.0. The van der Waals surface area contributed by atoms with Gasteiger partial charge in [0.15, 0.2) is 11.8 Å². The van der Waals surface area contributed by atoms with Crippen molar-refractivity contribution in [3.8, 4) is 28.3 Å². The van der Waals surface area contributed by atoms with Crippen LogP contribution in [0.3, 0.4) is 0 Å². The molecule has 0 saturated heterocycles. The Kier molecular flexibility index (Phi) is 7.94. The molecule has 3 heterocycles. The van der Waals surface area contributed by atoms with Crippen LogP contribution in [0.25, 0.3) is 28.2 Å². The first-order chi connectivity index (χ1) is 19.5. The van der Waals surface area contributed by atoms with E-state index in [1.54, 1.807) is 0 Å². The summed E-state index contributed by atoms with van der Waals surface area (Å²) in [5, 5.41) is 5.04. The fourth-order valence-corrected chi connectivity index (χ4v) is 5.60. The van der Waals surface area contributed by atoms with Crippen molar-refractivity contribution in [1.82, 2.24) is 14.6 Å². The minimum atomic E-state index is -1.03. The maximum Gasteiger partial charge on any atom is 0.339 e. The first-order valence-corrected chi connectivity index (χ1v) is 14.4. The van der Waals surface area contributed by atoms with Crippen molar-refractivity contribution in [2.75, 3.05) is 31.7 Å². The van der Waals surface area contributed by atoms with Gasteiger partial charge in [-0.2, -0.15) is 5.10 Å². The molecule has 0 spiro atoms. The van der Waals surface area contributed by atoms with Crippen LogP contribution in [0.4, 0.5) is 5.69 Å². The number of fused-ring (bicyclic) bond motifs is 2. The molecule has 4 aromatic rings. The number of hydrogen-bond donors (Lipinski definition) is 0. The van der Waals surface area contributed by atoms with Crippen LogP contribution in [-0.4, -0.2) is 53.0 Å². The number of aryl methyl sites for hydroxylation is 2. The number of nitrogens with zero attached hydrogens (tertiary/aromatic N) is 4. The summed E-state index contributed by atoms with van der Waals surface area (Å²) >= 11 is 3.57. The standard InChI is InChI=1S/C32H35BrN4O4/c1-8-12-36-13-14-40-26-15-19(2)23(17-25(26)36)29-28(30(31(38)39-7)41-32(4,5)6)20(3)34-27-18-24(35-37(27)29)21-10-9-11-22(33)16-21/h8-11,15-18,30H,1,12-14H2,2-7H3/t30-/m0/s1. The van der Waals surface area contributed by atoms with E-state index in [0.29, 0.717) is 30.1 Å². The highest BCUT2D eigenvalue weighted by Crippen LogP contribution is 2.42. The fraction of sp³-hybridized carbons (Fsp3) is 0.344. The van der Waals surface area contributed by atoms with Gasteiger partial charge in [-0.15, -0.1) is 6.58 Å². The summed E-state index contributed by atoms with van der Waals surface area (Å²) in [6, 6.07) is 14.1. The van der Waals surface area contributed by atoms with E-state index in [1.165, 1.54) is 7.11 Å². The van der Waals surface area contributed by atoms with Gasteiger partial charge in [-0.3, -0.25) is 0 Å². The summed E-state index contributed by atoms with van der Waals surface area (Å²) in [5.74, 6) is 0.311. The van der Waals surface area contributed by atoms with Gasteiger partial charge in [-0.05, 0) is 64.4 Å². The lowest BCUT2D eigenvalue weighted by molar-refractivity contribution is -0.164. The molecule has 2 aromatic heterocycles. The van der Waals surface area contributed by atoms with Gasteiger partial charge in [0.05, 0.1) is 36.3 Å². The van der Waals surface area contributed by atoms with Gasteiger partial charge in [0, 0.05) is 39.5 Å². The Balaban J connectivity index is 1.85. The van der Waals surface area contributed by atoms with Crippen molar-refractivity contribution in [2.24, 2.45) is 0 Å². The van der Waals surface area contributed by atoms with Crippen molar-refractivity contribution in [1.29, 1.82) is 0 Å². The Morgan fingerprint density at radius 1 is 1.22 bits per heavy atom. The summed E-state index contributed by atoms with van der Waals surface area (Å²) in [5.41, 5.74) is 6.53. The van der Waals surface area contributed by atoms with E-state index >= 15 is 0 Å². The minimum absolute atomic E-state index is 0.503. The van der Waals surface area contributed by atoms with Gasteiger partial charge < -0.3 is 19.1 Å². The van der Waals surface area contributed by atoms with Crippen LogP contribution in [0.5, 0.6) is 5.75 Å². The molecule has 0 amide bonds. The summed E-state index contributed by atoms with van der Waals surface area (Å²) in [7, 11) is 1.37. The van der Waals surface area contributed by atoms with Crippen LogP contribution in [0, 0.1) is 13.8 Å². The predicted octanol–water partition coefficient (Wildman–Crippen LogP) is 6.86. The van der Waals surface area contributed by atoms with E-state index in [-0.39, 0.29) is 0 Å². The van der Waals surface area contributed by atoms with E-state index in [2.05, 4.69) is 33.5 Å². The van der Waals surface area contributed by atoms with Gasteiger partial charge in [-0.25, -0.2) is 14.3 Å². The topological polar surface area (TPSA) is 78.2 Å². The third kappa shape index (κ3) is 5.74. The zero-order valence-electron chi connectivity index (χ0n) is 24.3. The van der Waals surface area contributed by atoms with Crippen LogP contribution >= 0.6 is 15.9 Å². The molecule has 9 heteroatoms. The lowest BCUT2D eigenvalue weighted by Crippen LogP contribution is -2.33. The number of aromatic nitrogens is 3. The molecule has 0 N–H and O–H groups in total. The van der Waals surface area contributed by atoms with Crippen molar-refractivity contribution >= 4 is 33.2 Å². The third-order valence-electron chi connectivity index (χ3n) is 6.97. The van der Waals surface area contributed by atoms with Gasteiger partial charge >= 0.3 is 5.97 Å². The molecular weight excluding hydrogens is 584 g/mol. The largest absolute Gasteiger partial charge is 0.490 e. The molecule has 0 saturated carbocycles. The van der Waals surface area contributed by atoms with Gasteiger partial charge in [0.1, 0.15) is 12.4 Å². The maximum atomic E-state index is 13.3. The number of carbonyl (C=O) groups is 1. The number of halogens is 1. The number of esters is 1. The fourth-order valence-electron chi connectivity index (χ4n) is 5.20. The second-order valence-corrected chi connectivity index (χ2v) is 12.0. The van der Waals surface area contributed by atoms with Gasteiger partial charge in [0.25, 0.3) is 0 Å². The van der Waals surface area contributed by atoms with Crippen molar-refractivity contribution < 1.29 is 19.0 Å². The van der Waals surface area contributed by atoms with E-state index in [9.17, 15) is 4.79 Å². The molecule has 0 fully saturated rings. The number of methoxy groups -OCH3 is 1. The molecule has 0 aliphatic carbocycles. The van der Waals surface area contributed by atoms with Crippen LogP contribution in [0.1, 0.15) is 43.7 Å². The first-order valence-electron chi connectivity index (χ1n) is 13.6. The number of rotatable bonds is 7. The molecule has 5 rings (SSSR count). The number of hydrogen-bond acceptors (Lipinski definition) is 7. The van der Waals surface area contributed by atoms with Crippen LogP contribution in [0.15, 0.2) is 59.6 Å². The first kappa shape index (κ1) is 28.8. The maximum absolute atomic E-state index is 13.3. The van der Waals surface area contributed by atoms with E-state index in [0.717, 1.165) is 50.5 Å². The Bertz CT molecular complexity index is 1640. The monoisotopic (exact) mass is 618 g/mol. The number of anilines is 1. The van der Waals surface area contributed by atoms with Crippen molar-refractivity contribution in [2.45, 2.75) is 46.3 Å². The third-order valence-corrected chi connectivity index (χ3v) is 7.46. The Labute approximate surface area is 249 Å². The highest BCUT2D eigenvalue weighted by Gasteiger charge is 2.35. The number of carbonyl (C=O) groups excluding carboxylic acids is 1. The average Bonchev–Trinajstić information content (AvgIpc) is 3.34. The minimum Gasteiger partial charge on any atom is -0.490 e. The summed E-state index contributed by atoms with van der Waals surface area (Å²) in [6.07, 6.45) is 0.859. The quantitative estimate of drug-likeness (QED) is 0.165. The van der Waals surface area contributed by atoms with E-state index in [1.807, 2.05) is 81.6 Å². The van der Waals surface area contributed by atoms with Crippen molar-refractivity contribution in [3.63, 3.8) is 0 Å². The summed E-state index contributed by atoms with van der Waals surface area (Å²) < 4.78 is 20.5. The second-order valence-electron chi connectivity index (χ2n) is 11.1. The Morgan fingerprint density at radius 2 is 2.00 bits per heavy atom. The van der Waals surface area contributed by atoms with Crippen LogP contribution in [-0.2, 0) is 14.3 Å². The van der Waals surface area contributed by atoms with Crippen LogP contribution in [0.2, 0.25) is 0 Å². The number of ether oxygens (including phenoxy) is 3. The molecule has 41 heavy (non-hydrogen) atoms. The molecule has 214 valence electrons. The molecule has 8 nitrogen and oxygen atoms in total. The molecule has 1 aliphatic heterocycles. The molecule has 0 unspecified atom stereocenters. The molecule has 2 aromatic carbocycles. The second kappa shape index (κ2) is 11.3. The average molecular weight is 620 g/mol. The lowest BCUT2D eigenvalue weighted by Gasteiger charge is -2.32. The zero-order valence-corrected chi connectivity index (χ0v) is 25.9. The zero-order chi connectivity index (χ0) is 29.5. The molecule has 1 atom stereocenters. The summed E-state index contributed by atoms with van der Waals surface area (Å²) in [4.78, 5) is 20.5. The highest BCUT2D eigenvalue weighted by atomic mass is 79.9. The lowest BCUT2D eigenvalue weighted by atomic mass is 9.95. The highest BCUT2D eigenvalue weighted by molar-refractivity contribution is 9.10. The summed E-state index contributed by atoms with van der Waals surface area (Å²) in [6.45, 7) is 15.6. The van der Waals surface area contributed by atoms with Crippen molar-refractivity contribution in [3.05, 3.63) is 76.4 Å². The van der Waals surface area contributed by atoms with Gasteiger partial charge in [0.2, 0.25) is 0 Å². The predicted molar refractivity (Wildman–Crippen MR) is 165 cm³/mol. The SMILES string of the molecule is C=CCN1CCOc2cc(C)c(-c3c([C@H](OC(C)(C)C)C(=O)OC)c(C)nc4cc(-c5cccc(Br)c5)nn34)cc21. The van der Waals surface area contributed by atoms with Crippen LogP contribution < -0.4 is 9.64 Å². The molecule has 1 aliphatic rings. The number of benzene rings is 2.